The zero-order valence-corrected chi connectivity index (χ0v) is 17.8. The fourth-order valence-corrected chi connectivity index (χ4v) is 3.65. The van der Waals surface area contributed by atoms with Gasteiger partial charge in [-0.15, -0.1) is 11.3 Å². The summed E-state index contributed by atoms with van der Waals surface area (Å²) in [5, 5.41) is 6.41. The second kappa shape index (κ2) is 9.73. The van der Waals surface area contributed by atoms with Crippen molar-refractivity contribution in [2.45, 2.75) is 26.5 Å². The van der Waals surface area contributed by atoms with Crippen LogP contribution in [0.4, 0.5) is 0 Å². The Kier molecular flexibility index (Phi) is 7.08. The molecule has 8 nitrogen and oxygen atoms in total. The van der Waals surface area contributed by atoms with Crippen LogP contribution in [-0.2, 0) is 16.1 Å². The Hall–Kier alpha value is -2.62. The van der Waals surface area contributed by atoms with Crippen LogP contribution in [0.1, 0.15) is 29.9 Å². The Labute approximate surface area is 174 Å². The molecule has 3 heterocycles. The second-order valence-electron chi connectivity index (χ2n) is 6.65. The highest BCUT2D eigenvalue weighted by atomic mass is 32.1. The van der Waals surface area contributed by atoms with Gasteiger partial charge in [-0.3, -0.25) is 4.79 Å². The predicted molar refractivity (Wildman–Crippen MR) is 111 cm³/mol. The summed E-state index contributed by atoms with van der Waals surface area (Å²) in [6.45, 7) is 5.12. The van der Waals surface area contributed by atoms with Gasteiger partial charge in [0.25, 0.3) is 11.9 Å². The van der Waals surface area contributed by atoms with Gasteiger partial charge in [0.05, 0.1) is 41.2 Å². The maximum atomic E-state index is 13.2. The highest BCUT2D eigenvalue weighted by Crippen LogP contribution is 2.23. The summed E-state index contributed by atoms with van der Waals surface area (Å²) in [5.74, 6) is 0.278. The lowest BCUT2D eigenvalue weighted by molar-refractivity contribution is 0.0630. The first-order chi connectivity index (χ1) is 14.1. The van der Waals surface area contributed by atoms with E-state index in [2.05, 4.69) is 15.1 Å². The molecule has 0 spiro atoms. The van der Waals surface area contributed by atoms with Crippen LogP contribution in [0.15, 0.2) is 36.0 Å². The number of hydrogen-bond donors (Lipinski definition) is 0. The maximum Gasteiger partial charge on any atom is 0.257 e. The number of carbonyl (C=O) groups excluding carboxylic acids is 1. The molecule has 9 heteroatoms. The summed E-state index contributed by atoms with van der Waals surface area (Å²) in [7, 11) is 3.20. The van der Waals surface area contributed by atoms with Crippen molar-refractivity contribution in [2.75, 3.05) is 27.4 Å². The Morgan fingerprint density at radius 1 is 1.28 bits per heavy atom. The number of methoxy groups -OCH3 is 2. The van der Waals surface area contributed by atoms with Crippen molar-refractivity contribution in [3.05, 3.63) is 47.2 Å². The summed E-state index contributed by atoms with van der Waals surface area (Å²) in [4.78, 5) is 25.0. The number of aromatic nitrogens is 4. The molecule has 3 aromatic rings. The number of amides is 1. The number of rotatable bonds is 9. The van der Waals surface area contributed by atoms with Gasteiger partial charge in [0.2, 0.25) is 0 Å². The highest BCUT2D eigenvalue weighted by molar-refractivity contribution is 7.13. The van der Waals surface area contributed by atoms with Crippen molar-refractivity contribution in [3.8, 4) is 16.5 Å². The van der Waals surface area contributed by atoms with E-state index in [-0.39, 0.29) is 18.6 Å². The zero-order valence-electron chi connectivity index (χ0n) is 17.0. The molecule has 0 atom stereocenters. The standard InChI is InChI=1S/C20H25N5O3S/c1-14(2)24(9-10-27-3)19(26)15-12-22-25(17(15)13-28-4)20-21-8-7-16(23-20)18-6-5-11-29-18/h5-8,11-12,14H,9-10,13H2,1-4H3. The average molecular weight is 416 g/mol. The molecule has 29 heavy (non-hydrogen) atoms. The second-order valence-corrected chi connectivity index (χ2v) is 7.60. The third-order valence-electron chi connectivity index (χ3n) is 4.41. The lowest BCUT2D eigenvalue weighted by Crippen LogP contribution is -2.39. The van der Waals surface area contributed by atoms with Crippen LogP contribution < -0.4 is 0 Å². The predicted octanol–water partition coefficient (Wildman–Crippen LogP) is 3.03. The molecule has 1 amide bonds. The summed E-state index contributed by atoms with van der Waals surface area (Å²) < 4.78 is 12.1. The molecule has 3 rings (SSSR count). The number of ether oxygens (including phenoxy) is 2. The average Bonchev–Trinajstić information content (AvgIpc) is 3.39. The van der Waals surface area contributed by atoms with E-state index in [1.165, 1.54) is 0 Å². The first-order valence-corrected chi connectivity index (χ1v) is 10.2. The van der Waals surface area contributed by atoms with Crippen molar-refractivity contribution in [2.24, 2.45) is 0 Å². The van der Waals surface area contributed by atoms with E-state index in [1.54, 1.807) is 47.5 Å². The summed E-state index contributed by atoms with van der Waals surface area (Å²) in [6, 6.07) is 5.85. The molecule has 0 N–H and O–H groups in total. The monoisotopic (exact) mass is 415 g/mol. The summed E-state index contributed by atoms with van der Waals surface area (Å²) in [6.07, 6.45) is 3.25. The molecule has 0 unspecified atom stereocenters. The first-order valence-electron chi connectivity index (χ1n) is 9.29. The van der Waals surface area contributed by atoms with Crippen molar-refractivity contribution in [1.29, 1.82) is 0 Å². The molecule has 0 bridgehead atoms. The van der Waals surface area contributed by atoms with Gasteiger partial charge in [0.1, 0.15) is 0 Å². The van der Waals surface area contributed by atoms with E-state index < -0.39 is 0 Å². The van der Waals surface area contributed by atoms with Crippen LogP contribution in [0.3, 0.4) is 0 Å². The SMILES string of the molecule is COCCN(C(=O)c1cnn(-c2nccc(-c3cccs3)n2)c1COC)C(C)C. The van der Waals surface area contributed by atoms with Gasteiger partial charge in [-0.2, -0.15) is 9.78 Å². The molecule has 3 aromatic heterocycles. The molecule has 0 aliphatic heterocycles. The van der Waals surface area contributed by atoms with E-state index in [0.717, 1.165) is 10.6 Å². The van der Waals surface area contributed by atoms with Crippen molar-refractivity contribution < 1.29 is 14.3 Å². The molecule has 0 aliphatic carbocycles. The quantitative estimate of drug-likeness (QED) is 0.534. The summed E-state index contributed by atoms with van der Waals surface area (Å²) in [5.41, 5.74) is 1.89. The largest absolute Gasteiger partial charge is 0.383 e. The van der Waals surface area contributed by atoms with Gasteiger partial charge in [-0.05, 0) is 31.4 Å². The van der Waals surface area contributed by atoms with Crippen LogP contribution in [0.2, 0.25) is 0 Å². The number of thiophene rings is 1. The van der Waals surface area contributed by atoms with E-state index >= 15 is 0 Å². The van der Waals surface area contributed by atoms with Crippen molar-refractivity contribution >= 4 is 17.2 Å². The number of carbonyl (C=O) groups is 1. The number of hydrogen-bond acceptors (Lipinski definition) is 7. The minimum absolute atomic E-state index is 0.0230. The van der Waals surface area contributed by atoms with Gasteiger partial charge < -0.3 is 14.4 Å². The van der Waals surface area contributed by atoms with Gasteiger partial charge >= 0.3 is 0 Å². The van der Waals surface area contributed by atoms with Crippen LogP contribution in [0, 0.1) is 0 Å². The highest BCUT2D eigenvalue weighted by Gasteiger charge is 2.25. The van der Waals surface area contributed by atoms with E-state index in [4.69, 9.17) is 9.47 Å². The third kappa shape index (κ3) is 4.69. The van der Waals surface area contributed by atoms with Crippen LogP contribution in [0.5, 0.6) is 0 Å². The van der Waals surface area contributed by atoms with Crippen molar-refractivity contribution in [3.63, 3.8) is 0 Å². The maximum absolute atomic E-state index is 13.2. The Morgan fingerprint density at radius 3 is 2.76 bits per heavy atom. The molecule has 0 radical (unpaired) electrons. The normalized spacial score (nSPS) is 11.2. The van der Waals surface area contributed by atoms with Crippen LogP contribution in [-0.4, -0.2) is 64.0 Å². The lowest BCUT2D eigenvalue weighted by Gasteiger charge is -2.26. The molecule has 0 aliphatic rings. The Morgan fingerprint density at radius 2 is 2.10 bits per heavy atom. The smallest absolute Gasteiger partial charge is 0.257 e. The van der Waals surface area contributed by atoms with E-state index in [9.17, 15) is 4.79 Å². The minimum Gasteiger partial charge on any atom is -0.383 e. The van der Waals surface area contributed by atoms with Crippen LogP contribution >= 0.6 is 11.3 Å². The van der Waals surface area contributed by atoms with Gasteiger partial charge in [-0.25, -0.2) is 9.97 Å². The van der Waals surface area contributed by atoms with Crippen molar-refractivity contribution in [1.82, 2.24) is 24.6 Å². The third-order valence-corrected chi connectivity index (χ3v) is 5.30. The van der Waals surface area contributed by atoms with Crippen LogP contribution in [0.25, 0.3) is 16.5 Å². The van der Waals surface area contributed by atoms with Gasteiger partial charge in [-0.1, -0.05) is 6.07 Å². The fourth-order valence-electron chi connectivity index (χ4n) is 2.95. The molecule has 0 fully saturated rings. The molecule has 0 saturated carbocycles. The number of nitrogens with zero attached hydrogens (tertiary/aromatic N) is 5. The minimum atomic E-state index is -0.121. The molecule has 0 saturated heterocycles. The Balaban J connectivity index is 1.99. The first kappa shape index (κ1) is 21.1. The molecular formula is C20H25N5O3S. The Bertz CT molecular complexity index is 940. The topological polar surface area (TPSA) is 82.4 Å². The fraction of sp³-hybridized carbons (Fsp3) is 0.400. The molecule has 0 aromatic carbocycles. The van der Waals surface area contributed by atoms with Gasteiger partial charge in [0, 0.05) is 33.0 Å². The van der Waals surface area contributed by atoms with E-state index in [0.29, 0.717) is 30.4 Å². The van der Waals surface area contributed by atoms with E-state index in [1.807, 2.05) is 37.4 Å². The lowest BCUT2D eigenvalue weighted by atomic mass is 10.2. The summed E-state index contributed by atoms with van der Waals surface area (Å²) >= 11 is 1.60. The molecule has 154 valence electrons. The van der Waals surface area contributed by atoms with Gasteiger partial charge in [0.15, 0.2) is 0 Å². The molecular weight excluding hydrogens is 390 g/mol. The zero-order chi connectivity index (χ0) is 20.8.